The topological polar surface area (TPSA) is 124 Å². The number of benzene rings is 2. The maximum atomic E-state index is 13.5. The third kappa shape index (κ3) is 4.72. The van der Waals surface area contributed by atoms with Crippen molar-refractivity contribution in [3.05, 3.63) is 82.4 Å². The number of ketones is 1. The molecule has 0 saturated carbocycles. The minimum atomic E-state index is -1.07. The summed E-state index contributed by atoms with van der Waals surface area (Å²) in [7, 11) is 1.25. The van der Waals surface area contributed by atoms with Crippen LogP contribution in [0.2, 0.25) is 0 Å². The number of anilines is 1. The molecule has 200 valence electrons. The van der Waals surface area contributed by atoms with Crippen LogP contribution < -0.4 is 19.1 Å². The number of hydrogen-bond donors (Lipinski definition) is 1. The number of aromatic nitrogens is 1. The zero-order valence-electron chi connectivity index (χ0n) is 21.1. The van der Waals surface area contributed by atoms with E-state index < -0.39 is 29.5 Å². The van der Waals surface area contributed by atoms with Crippen LogP contribution in [0.15, 0.2) is 60.7 Å². The molecule has 2 aliphatic rings. The Morgan fingerprint density at radius 3 is 2.72 bits per heavy atom. The number of aliphatic hydroxyl groups excluding tert-OH is 1. The second kappa shape index (κ2) is 10.6. The van der Waals surface area contributed by atoms with Gasteiger partial charge >= 0.3 is 11.9 Å². The summed E-state index contributed by atoms with van der Waals surface area (Å²) in [5, 5.41) is 11.6. The number of amides is 1. The van der Waals surface area contributed by atoms with Crippen LogP contribution in [-0.2, 0) is 14.3 Å². The number of esters is 1. The van der Waals surface area contributed by atoms with Gasteiger partial charge in [-0.15, -0.1) is 0 Å². The number of fused-ring (bicyclic) bond motifs is 1. The van der Waals surface area contributed by atoms with Crippen molar-refractivity contribution in [2.45, 2.75) is 13.0 Å². The van der Waals surface area contributed by atoms with Crippen molar-refractivity contribution in [3.8, 4) is 17.2 Å². The van der Waals surface area contributed by atoms with Crippen molar-refractivity contribution in [3.63, 3.8) is 0 Å². The van der Waals surface area contributed by atoms with Gasteiger partial charge in [0.15, 0.2) is 16.6 Å². The standard InChI is InChI=1S/C28H24N2O8S/c1-4-10-36-18-7-5-6-16(13-18)22-21(23(31)17-8-9-19-20(14-17)38-12-11-37-19)24(32)26(33)30(22)28-29-15(2)25(39-28)27(34)35-3/h4-9,13-14,22,31H,1,10-12H2,2-3H3/b23-21+/t22-/m1/s1. The van der Waals surface area contributed by atoms with Gasteiger partial charge in [0.2, 0.25) is 0 Å². The zero-order chi connectivity index (χ0) is 27.7. The number of Topliss-reactive ketones (excluding diaryl/α,β-unsaturated/α-hetero) is 1. The number of nitrogens with zero attached hydrogens (tertiary/aromatic N) is 2. The van der Waals surface area contributed by atoms with Crippen LogP contribution in [0.4, 0.5) is 5.13 Å². The fraction of sp³-hybridized carbons (Fsp3) is 0.214. The second-order valence-corrected chi connectivity index (χ2v) is 9.58. The number of aryl methyl sites for hydroxylation is 1. The normalized spacial score (nSPS) is 17.7. The molecule has 2 aromatic carbocycles. The number of aliphatic hydroxyl groups is 1. The highest BCUT2D eigenvalue weighted by atomic mass is 32.1. The van der Waals surface area contributed by atoms with E-state index in [4.69, 9.17) is 18.9 Å². The SMILES string of the molecule is C=CCOc1cccc([C@@H]2/C(=C(\O)c3ccc4c(c3)OCCO4)C(=O)C(=O)N2c2nc(C)c(C(=O)OC)s2)c1. The van der Waals surface area contributed by atoms with Gasteiger partial charge in [-0.25, -0.2) is 9.78 Å². The molecule has 10 nitrogen and oxygen atoms in total. The summed E-state index contributed by atoms with van der Waals surface area (Å²) in [4.78, 5) is 45.0. The van der Waals surface area contributed by atoms with E-state index in [1.165, 1.54) is 12.0 Å². The third-order valence-corrected chi connectivity index (χ3v) is 7.30. The van der Waals surface area contributed by atoms with E-state index in [-0.39, 0.29) is 27.8 Å². The number of rotatable bonds is 7. The Kier molecular flexibility index (Phi) is 7.07. The Labute approximate surface area is 227 Å². The van der Waals surface area contributed by atoms with Crippen LogP contribution in [0.25, 0.3) is 5.76 Å². The fourth-order valence-corrected chi connectivity index (χ4v) is 5.40. The number of carbonyl (C=O) groups is 3. The molecule has 1 N–H and O–H groups in total. The highest BCUT2D eigenvalue weighted by Crippen LogP contribution is 2.45. The van der Waals surface area contributed by atoms with Crippen molar-refractivity contribution in [1.29, 1.82) is 0 Å². The molecule has 0 bridgehead atoms. The molecule has 1 aromatic heterocycles. The van der Waals surface area contributed by atoms with Crippen LogP contribution in [0, 0.1) is 6.92 Å². The summed E-state index contributed by atoms with van der Waals surface area (Å²) in [6.45, 7) is 6.24. The van der Waals surface area contributed by atoms with E-state index in [0.29, 0.717) is 41.7 Å². The van der Waals surface area contributed by atoms with Crippen LogP contribution in [0.1, 0.15) is 32.5 Å². The third-order valence-electron chi connectivity index (χ3n) is 6.16. The average Bonchev–Trinajstić information content (AvgIpc) is 3.47. The molecule has 3 aromatic rings. The summed E-state index contributed by atoms with van der Waals surface area (Å²) < 4.78 is 21.7. The van der Waals surface area contributed by atoms with Crippen molar-refractivity contribution in [1.82, 2.24) is 4.98 Å². The zero-order valence-corrected chi connectivity index (χ0v) is 21.9. The molecule has 1 saturated heterocycles. The van der Waals surface area contributed by atoms with Gasteiger partial charge in [0.1, 0.15) is 36.2 Å². The molecule has 11 heteroatoms. The number of ether oxygens (including phenoxy) is 4. The molecule has 1 fully saturated rings. The summed E-state index contributed by atoms with van der Waals surface area (Å²) in [5.74, 6) is -1.41. The molecule has 2 aliphatic heterocycles. The van der Waals surface area contributed by atoms with E-state index in [1.807, 2.05) is 0 Å². The highest BCUT2D eigenvalue weighted by molar-refractivity contribution is 7.17. The Hall–Kier alpha value is -4.64. The van der Waals surface area contributed by atoms with Gasteiger partial charge in [0.05, 0.1) is 24.4 Å². The van der Waals surface area contributed by atoms with E-state index in [0.717, 1.165) is 11.3 Å². The monoisotopic (exact) mass is 548 g/mol. The molecular weight excluding hydrogens is 524 g/mol. The van der Waals surface area contributed by atoms with Gasteiger partial charge in [0, 0.05) is 5.56 Å². The second-order valence-electron chi connectivity index (χ2n) is 8.60. The van der Waals surface area contributed by atoms with Gasteiger partial charge in [-0.3, -0.25) is 14.5 Å². The number of methoxy groups -OCH3 is 1. The van der Waals surface area contributed by atoms with Crippen molar-refractivity contribution < 1.29 is 38.4 Å². The molecule has 39 heavy (non-hydrogen) atoms. The summed E-state index contributed by atoms with van der Waals surface area (Å²) in [6.07, 6.45) is 1.59. The number of hydrogen-bond acceptors (Lipinski definition) is 10. The lowest BCUT2D eigenvalue weighted by molar-refractivity contribution is -0.132. The van der Waals surface area contributed by atoms with Gasteiger partial charge in [-0.1, -0.05) is 36.1 Å². The molecule has 1 atom stereocenters. The quantitative estimate of drug-likeness (QED) is 0.152. The lowest BCUT2D eigenvalue weighted by Gasteiger charge is -2.23. The Balaban J connectivity index is 1.68. The average molecular weight is 549 g/mol. The minimum absolute atomic E-state index is 0.110. The smallest absolute Gasteiger partial charge is 0.350 e. The molecule has 0 spiro atoms. The molecule has 0 unspecified atom stereocenters. The molecule has 3 heterocycles. The summed E-state index contributed by atoms with van der Waals surface area (Å²) >= 11 is 0.922. The number of carbonyl (C=O) groups excluding carboxylic acids is 3. The first kappa shape index (κ1) is 26.0. The first-order valence-corrected chi connectivity index (χ1v) is 12.8. The molecular formula is C28H24N2O8S. The summed E-state index contributed by atoms with van der Waals surface area (Å²) in [6, 6.07) is 10.5. The Morgan fingerprint density at radius 2 is 1.97 bits per heavy atom. The predicted molar refractivity (Wildman–Crippen MR) is 143 cm³/mol. The molecule has 1 amide bonds. The lowest BCUT2D eigenvalue weighted by Crippen LogP contribution is -2.29. The Bertz CT molecular complexity index is 1530. The van der Waals surface area contributed by atoms with Gasteiger partial charge in [-0.2, -0.15) is 0 Å². The molecule has 0 radical (unpaired) electrons. The van der Waals surface area contributed by atoms with Gasteiger partial charge in [-0.05, 0) is 42.8 Å². The largest absolute Gasteiger partial charge is 0.507 e. The van der Waals surface area contributed by atoms with Gasteiger partial charge in [0.25, 0.3) is 5.78 Å². The molecule has 0 aliphatic carbocycles. The van der Waals surface area contributed by atoms with E-state index in [2.05, 4.69) is 11.6 Å². The van der Waals surface area contributed by atoms with E-state index in [1.54, 1.807) is 55.5 Å². The van der Waals surface area contributed by atoms with Crippen LogP contribution in [-0.4, -0.2) is 54.7 Å². The van der Waals surface area contributed by atoms with Crippen LogP contribution >= 0.6 is 11.3 Å². The lowest BCUT2D eigenvalue weighted by atomic mass is 9.95. The maximum absolute atomic E-state index is 13.5. The maximum Gasteiger partial charge on any atom is 0.350 e. The predicted octanol–water partition coefficient (Wildman–Crippen LogP) is 4.20. The Morgan fingerprint density at radius 1 is 1.21 bits per heavy atom. The fourth-order valence-electron chi connectivity index (χ4n) is 4.39. The van der Waals surface area contributed by atoms with E-state index in [9.17, 15) is 19.5 Å². The van der Waals surface area contributed by atoms with Crippen LogP contribution in [0.3, 0.4) is 0 Å². The van der Waals surface area contributed by atoms with Crippen molar-refractivity contribution in [2.75, 3.05) is 31.8 Å². The highest BCUT2D eigenvalue weighted by Gasteiger charge is 2.48. The first-order valence-electron chi connectivity index (χ1n) is 11.9. The van der Waals surface area contributed by atoms with Crippen molar-refractivity contribution in [2.24, 2.45) is 0 Å². The minimum Gasteiger partial charge on any atom is -0.507 e. The van der Waals surface area contributed by atoms with Crippen LogP contribution in [0.5, 0.6) is 17.2 Å². The number of thiazole rings is 1. The molecule has 5 rings (SSSR count). The summed E-state index contributed by atoms with van der Waals surface area (Å²) in [5.41, 5.74) is 0.955. The van der Waals surface area contributed by atoms with Crippen molar-refractivity contribution >= 4 is 39.9 Å². The van der Waals surface area contributed by atoms with E-state index >= 15 is 0 Å². The van der Waals surface area contributed by atoms with Gasteiger partial charge < -0.3 is 24.1 Å². The first-order chi connectivity index (χ1) is 18.8.